The van der Waals surface area contributed by atoms with Crippen LogP contribution in [0.5, 0.6) is 0 Å². The molecule has 98 valence electrons. The maximum Gasteiger partial charge on any atom is 0.293 e. The molecule has 1 aromatic carbocycles. The van der Waals surface area contributed by atoms with Crippen LogP contribution in [0.1, 0.15) is 13.8 Å². The summed E-state index contributed by atoms with van der Waals surface area (Å²) in [4.78, 5) is 12.6. The molecule has 0 aromatic heterocycles. The lowest BCUT2D eigenvalue weighted by Crippen LogP contribution is -2.26. The van der Waals surface area contributed by atoms with E-state index in [0.29, 0.717) is 18.8 Å². The number of halogens is 1. The number of aliphatic hydroxyl groups excluding tert-OH is 1. The van der Waals surface area contributed by atoms with Crippen LogP contribution in [-0.4, -0.2) is 29.2 Å². The lowest BCUT2D eigenvalue weighted by molar-refractivity contribution is -0.384. The Hall–Kier alpha value is -0.890. The average molecular weight is 362 g/mol. The molecule has 5 nitrogen and oxygen atoms in total. The lowest BCUT2D eigenvalue weighted by Gasteiger charge is -2.21. The van der Waals surface area contributed by atoms with Crippen LogP contribution in [0.15, 0.2) is 18.2 Å². The molecule has 0 saturated carbocycles. The largest absolute Gasteiger partial charge is 0.391 e. The van der Waals surface area contributed by atoms with Crippen molar-refractivity contribution in [3.05, 3.63) is 31.9 Å². The number of nitro benzene ring substituents is 1. The summed E-state index contributed by atoms with van der Waals surface area (Å²) in [6, 6.07) is 5.17. The van der Waals surface area contributed by atoms with Gasteiger partial charge in [-0.25, -0.2) is 0 Å². The number of nitrogens with zero attached hydrogens (tertiary/aromatic N) is 2. The summed E-state index contributed by atoms with van der Waals surface area (Å²) in [7, 11) is 0. The molecule has 1 N–H and O–H groups in total. The molecular formula is C12H15IN2O3. The first-order valence-electron chi connectivity index (χ1n) is 5.68. The van der Waals surface area contributed by atoms with Gasteiger partial charge in [0.05, 0.1) is 11.0 Å². The Morgan fingerprint density at radius 2 is 2.22 bits per heavy atom. The van der Waals surface area contributed by atoms with E-state index in [4.69, 9.17) is 0 Å². The average Bonchev–Trinajstić information content (AvgIpc) is 2.53. The Morgan fingerprint density at radius 1 is 1.56 bits per heavy atom. The normalized spacial score (nSPS) is 22.2. The number of β-amino-alcohol motifs (C(OH)–C–C–N with tert-alkyl or cyclic N) is 1. The van der Waals surface area contributed by atoms with E-state index in [2.05, 4.69) is 22.6 Å². The molecule has 1 atom stereocenters. The van der Waals surface area contributed by atoms with Crippen LogP contribution in [0.3, 0.4) is 0 Å². The van der Waals surface area contributed by atoms with Gasteiger partial charge in [-0.15, -0.1) is 0 Å². The summed E-state index contributed by atoms with van der Waals surface area (Å²) in [5.41, 5.74) is 0.452. The van der Waals surface area contributed by atoms with Gasteiger partial charge in [0.25, 0.3) is 5.69 Å². The van der Waals surface area contributed by atoms with Gasteiger partial charge < -0.3 is 10.0 Å². The highest BCUT2D eigenvalue weighted by atomic mass is 127. The van der Waals surface area contributed by atoms with E-state index in [1.807, 2.05) is 24.8 Å². The van der Waals surface area contributed by atoms with Crippen molar-refractivity contribution in [2.75, 3.05) is 18.0 Å². The number of benzene rings is 1. The van der Waals surface area contributed by atoms with Gasteiger partial charge in [-0.2, -0.15) is 0 Å². The van der Waals surface area contributed by atoms with Gasteiger partial charge in [0.1, 0.15) is 5.69 Å². The van der Waals surface area contributed by atoms with Crippen molar-refractivity contribution in [1.29, 1.82) is 0 Å². The van der Waals surface area contributed by atoms with E-state index < -0.39 is 6.10 Å². The van der Waals surface area contributed by atoms with Crippen LogP contribution in [0, 0.1) is 19.1 Å². The van der Waals surface area contributed by atoms with Gasteiger partial charge in [-0.3, -0.25) is 10.1 Å². The zero-order valence-electron chi connectivity index (χ0n) is 10.3. The third-order valence-electron chi connectivity index (χ3n) is 3.37. The van der Waals surface area contributed by atoms with Crippen LogP contribution in [0.2, 0.25) is 0 Å². The molecule has 1 aliphatic rings. The standard InChI is InChI=1S/C12H15IN2O3/c1-12(2)7-14(6-11(12)16)9-4-3-8(13)5-10(9)15(17)18/h3-5,11,16H,6-7H2,1-2H3. The summed E-state index contributed by atoms with van der Waals surface area (Å²) in [5.74, 6) is 0. The maximum atomic E-state index is 11.1. The number of anilines is 1. The second-order valence-electron chi connectivity index (χ2n) is 5.28. The highest BCUT2D eigenvalue weighted by Crippen LogP contribution is 2.37. The third-order valence-corrected chi connectivity index (χ3v) is 4.04. The molecule has 0 radical (unpaired) electrons. The predicted molar refractivity (Wildman–Crippen MR) is 77.8 cm³/mol. The highest BCUT2D eigenvalue weighted by molar-refractivity contribution is 14.1. The predicted octanol–water partition coefficient (Wildman–Crippen LogP) is 2.41. The number of nitro groups is 1. The molecule has 1 unspecified atom stereocenters. The lowest BCUT2D eigenvalue weighted by atomic mass is 9.90. The Labute approximate surface area is 119 Å². The molecule has 1 aromatic rings. The minimum Gasteiger partial charge on any atom is -0.391 e. The molecule has 0 bridgehead atoms. The van der Waals surface area contributed by atoms with Gasteiger partial charge in [-0.1, -0.05) is 13.8 Å². The smallest absolute Gasteiger partial charge is 0.293 e. The second-order valence-corrected chi connectivity index (χ2v) is 6.52. The molecule has 1 saturated heterocycles. The van der Waals surface area contributed by atoms with Crippen molar-refractivity contribution in [2.24, 2.45) is 5.41 Å². The topological polar surface area (TPSA) is 66.6 Å². The molecule has 0 spiro atoms. The molecule has 18 heavy (non-hydrogen) atoms. The molecule has 1 fully saturated rings. The maximum absolute atomic E-state index is 11.1. The van der Waals surface area contributed by atoms with Crippen LogP contribution >= 0.6 is 22.6 Å². The summed E-state index contributed by atoms with van der Waals surface area (Å²) < 4.78 is 0.835. The molecule has 6 heteroatoms. The van der Waals surface area contributed by atoms with Crippen LogP contribution < -0.4 is 4.90 Å². The van der Waals surface area contributed by atoms with Crippen molar-refractivity contribution in [1.82, 2.24) is 0 Å². The van der Waals surface area contributed by atoms with Crippen molar-refractivity contribution in [2.45, 2.75) is 20.0 Å². The third kappa shape index (κ3) is 2.44. The van der Waals surface area contributed by atoms with Gasteiger partial charge in [0.2, 0.25) is 0 Å². The van der Waals surface area contributed by atoms with Crippen molar-refractivity contribution < 1.29 is 10.0 Å². The Bertz CT molecular complexity index is 490. The fraction of sp³-hybridized carbons (Fsp3) is 0.500. The van der Waals surface area contributed by atoms with Crippen LogP contribution in [0.25, 0.3) is 0 Å². The summed E-state index contributed by atoms with van der Waals surface area (Å²) >= 11 is 2.06. The van der Waals surface area contributed by atoms with Crippen molar-refractivity contribution in [3.63, 3.8) is 0 Å². The SMILES string of the molecule is CC1(C)CN(c2ccc(I)cc2[N+](=O)[O-])CC1O. The van der Waals surface area contributed by atoms with Crippen LogP contribution in [0.4, 0.5) is 11.4 Å². The fourth-order valence-corrected chi connectivity index (χ4v) is 2.69. The number of aliphatic hydroxyl groups is 1. The number of hydrogen-bond acceptors (Lipinski definition) is 4. The zero-order valence-corrected chi connectivity index (χ0v) is 12.4. The molecular weight excluding hydrogens is 347 g/mol. The first-order chi connectivity index (χ1) is 8.31. The highest BCUT2D eigenvalue weighted by Gasteiger charge is 2.39. The van der Waals surface area contributed by atoms with E-state index in [1.165, 1.54) is 0 Å². The first kappa shape index (κ1) is 13.5. The monoisotopic (exact) mass is 362 g/mol. The quantitative estimate of drug-likeness (QED) is 0.499. The molecule has 2 rings (SSSR count). The fourth-order valence-electron chi connectivity index (χ4n) is 2.21. The summed E-state index contributed by atoms with van der Waals surface area (Å²) in [5, 5.41) is 21.0. The second kappa shape index (κ2) is 4.65. The van der Waals surface area contributed by atoms with Gasteiger partial charge >= 0.3 is 0 Å². The molecule has 0 amide bonds. The Kier molecular flexibility index (Phi) is 3.50. The van der Waals surface area contributed by atoms with Crippen LogP contribution in [-0.2, 0) is 0 Å². The summed E-state index contributed by atoms with van der Waals surface area (Å²) in [6.07, 6.45) is -0.462. The molecule has 1 heterocycles. The van der Waals surface area contributed by atoms with Crippen molar-refractivity contribution in [3.8, 4) is 0 Å². The first-order valence-corrected chi connectivity index (χ1v) is 6.76. The van der Waals surface area contributed by atoms with E-state index >= 15 is 0 Å². The van der Waals surface area contributed by atoms with E-state index in [9.17, 15) is 15.2 Å². The van der Waals surface area contributed by atoms with E-state index in [1.54, 1.807) is 12.1 Å². The summed E-state index contributed by atoms with van der Waals surface area (Å²) in [6.45, 7) is 5.00. The molecule has 1 aliphatic heterocycles. The van der Waals surface area contributed by atoms with E-state index in [-0.39, 0.29) is 16.0 Å². The minimum absolute atomic E-state index is 0.104. The van der Waals surface area contributed by atoms with Gasteiger partial charge in [0, 0.05) is 28.1 Å². The number of hydrogen-bond donors (Lipinski definition) is 1. The Balaban J connectivity index is 2.38. The van der Waals surface area contributed by atoms with E-state index in [0.717, 1.165) is 3.57 Å². The number of rotatable bonds is 2. The van der Waals surface area contributed by atoms with Crippen molar-refractivity contribution >= 4 is 34.0 Å². The van der Waals surface area contributed by atoms with Gasteiger partial charge in [0.15, 0.2) is 0 Å². The minimum atomic E-state index is -0.462. The zero-order chi connectivity index (χ0) is 13.5. The van der Waals surface area contributed by atoms with Gasteiger partial charge in [-0.05, 0) is 34.7 Å². The molecule has 0 aliphatic carbocycles. The Morgan fingerprint density at radius 3 is 2.72 bits per heavy atom.